The van der Waals surface area contributed by atoms with Crippen LogP contribution in [-0.4, -0.2) is 43.0 Å². The number of para-hydroxylation sites is 1. The molecule has 4 aliphatic rings. The Bertz CT molecular complexity index is 796. The Hall–Kier alpha value is -1.14. The van der Waals surface area contributed by atoms with Crippen molar-refractivity contribution in [3.63, 3.8) is 0 Å². The van der Waals surface area contributed by atoms with Gasteiger partial charge in [0.2, 0.25) is 0 Å². The lowest BCUT2D eigenvalue weighted by atomic mass is 9.63. The average Bonchev–Trinajstić information content (AvgIpc) is 3.05. The zero-order chi connectivity index (χ0) is 20.1. The van der Waals surface area contributed by atoms with Gasteiger partial charge < -0.3 is 24.3 Å². The molecule has 0 saturated carbocycles. The van der Waals surface area contributed by atoms with Gasteiger partial charge in [-0.1, -0.05) is 52.8 Å². The van der Waals surface area contributed by atoms with Gasteiger partial charge in [-0.15, -0.1) is 0 Å². The van der Waals surface area contributed by atoms with E-state index in [1.807, 2.05) is 13.8 Å². The minimum atomic E-state index is -0.619. The Kier molecular flexibility index (Phi) is 3.85. The summed E-state index contributed by atoms with van der Waals surface area (Å²) in [7, 11) is 0. The van der Waals surface area contributed by atoms with Crippen molar-refractivity contribution < 1.29 is 18.9 Å². The van der Waals surface area contributed by atoms with Crippen LogP contribution in [0.15, 0.2) is 18.2 Å². The molecular formula is C23H33NO4. The highest BCUT2D eigenvalue weighted by Crippen LogP contribution is 2.52. The third-order valence-corrected chi connectivity index (χ3v) is 7.09. The Morgan fingerprint density at radius 1 is 1.00 bits per heavy atom. The van der Waals surface area contributed by atoms with Crippen molar-refractivity contribution >= 4 is 5.69 Å². The molecule has 5 nitrogen and oxygen atoms in total. The third kappa shape index (κ3) is 2.59. The second kappa shape index (κ2) is 5.72. The fraction of sp³-hybridized carbons (Fsp3) is 0.739. The number of ether oxygens (including phenoxy) is 4. The van der Waals surface area contributed by atoms with E-state index in [4.69, 9.17) is 18.9 Å². The van der Waals surface area contributed by atoms with E-state index in [0.717, 1.165) is 0 Å². The minimum absolute atomic E-state index is 0.0144. The first kappa shape index (κ1) is 18.9. The van der Waals surface area contributed by atoms with Gasteiger partial charge in [0, 0.05) is 11.6 Å². The lowest BCUT2D eigenvalue weighted by Crippen LogP contribution is -2.61. The minimum Gasteiger partial charge on any atom is -0.379 e. The summed E-state index contributed by atoms with van der Waals surface area (Å²) in [4.78, 5) is 0. The summed E-state index contributed by atoms with van der Waals surface area (Å²) in [5.41, 5.74) is 4.04. The SMILES string of the molecule is CC1(C)O[C@H]2O[C@@H]3[C@@H]4Nc5c(C(C)(C)C)cccc5C(C)(C)[C@H]4CO[C@@H]3[C@H]2O1. The lowest BCUT2D eigenvalue weighted by Gasteiger charge is -2.52. The highest BCUT2D eigenvalue weighted by Gasteiger charge is 2.62. The van der Waals surface area contributed by atoms with Crippen molar-refractivity contribution in [1.29, 1.82) is 0 Å². The Morgan fingerprint density at radius 2 is 1.75 bits per heavy atom. The van der Waals surface area contributed by atoms with Crippen molar-refractivity contribution in [3.8, 4) is 0 Å². The van der Waals surface area contributed by atoms with Gasteiger partial charge in [0.15, 0.2) is 12.1 Å². The Labute approximate surface area is 168 Å². The predicted octanol–water partition coefficient (Wildman–Crippen LogP) is 3.95. The zero-order valence-corrected chi connectivity index (χ0v) is 18.0. The molecule has 4 aliphatic heterocycles. The zero-order valence-electron chi connectivity index (χ0n) is 18.0. The van der Waals surface area contributed by atoms with E-state index in [-0.39, 0.29) is 41.5 Å². The van der Waals surface area contributed by atoms with Crippen LogP contribution >= 0.6 is 0 Å². The molecule has 154 valence electrons. The van der Waals surface area contributed by atoms with E-state index in [9.17, 15) is 0 Å². The second-order valence-corrected chi connectivity index (χ2v) is 10.8. The van der Waals surface area contributed by atoms with Crippen molar-refractivity contribution in [2.24, 2.45) is 5.92 Å². The summed E-state index contributed by atoms with van der Waals surface area (Å²) < 4.78 is 24.9. The number of fused-ring (bicyclic) bond motifs is 6. The highest BCUT2D eigenvalue weighted by atomic mass is 16.8. The van der Waals surface area contributed by atoms with Crippen LogP contribution in [0.25, 0.3) is 0 Å². The average molecular weight is 388 g/mol. The predicted molar refractivity (Wildman–Crippen MR) is 108 cm³/mol. The normalized spacial score (nSPS) is 40.1. The largest absolute Gasteiger partial charge is 0.379 e. The van der Waals surface area contributed by atoms with Gasteiger partial charge in [-0.2, -0.15) is 0 Å². The van der Waals surface area contributed by atoms with E-state index >= 15 is 0 Å². The van der Waals surface area contributed by atoms with Crippen molar-refractivity contribution in [3.05, 3.63) is 29.3 Å². The molecule has 5 rings (SSSR count). The molecule has 1 N–H and O–H groups in total. The first-order valence-electron chi connectivity index (χ1n) is 10.5. The molecule has 3 fully saturated rings. The summed E-state index contributed by atoms with van der Waals surface area (Å²) in [5.74, 6) is -0.297. The molecule has 5 heteroatoms. The first-order valence-corrected chi connectivity index (χ1v) is 10.5. The molecule has 0 amide bonds. The van der Waals surface area contributed by atoms with Gasteiger partial charge in [-0.25, -0.2) is 0 Å². The fourth-order valence-electron chi connectivity index (χ4n) is 5.61. The maximum atomic E-state index is 6.39. The fourth-order valence-corrected chi connectivity index (χ4v) is 5.61. The lowest BCUT2D eigenvalue weighted by molar-refractivity contribution is -0.232. The molecule has 0 aliphatic carbocycles. The molecule has 0 bridgehead atoms. The van der Waals surface area contributed by atoms with Crippen molar-refractivity contribution in [2.45, 2.75) is 95.7 Å². The molecule has 0 spiro atoms. The number of anilines is 1. The smallest absolute Gasteiger partial charge is 0.190 e. The van der Waals surface area contributed by atoms with Crippen LogP contribution < -0.4 is 5.32 Å². The van der Waals surface area contributed by atoms with E-state index in [1.54, 1.807) is 0 Å². The van der Waals surface area contributed by atoms with E-state index < -0.39 is 5.79 Å². The maximum Gasteiger partial charge on any atom is 0.190 e. The van der Waals surface area contributed by atoms with Gasteiger partial charge in [0.1, 0.15) is 18.3 Å². The summed E-state index contributed by atoms with van der Waals surface area (Å²) in [6.45, 7) is 16.1. The van der Waals surface area contributed by atoms with Crippen LogP contribution in [0.3, 0.4) is 0 Å². The third-order valence-electron chi connectivity index (χ3n) is 7.09. The number of nitrogens with one attached hydrogen (secondary N) is 1. The number of benzene rings is 1. The summed E-state index contributed by atoms with van der Waals surface area (Å²) in [6, 6.07) is 6.87. The van der Waals surface area contributed by atoms with Gasteiger partial charge in [0.05, 0.1) is 12.6 Å². The van der Waals surface area contributed by atoms with Crippen molar-refractivity contribution in [2.75, 3.05) is 11.9 Å². The Balaban J connectivity index is 1.54. The molecule has 28 heavy (non-hydrogen) atoms. The summed E-state index contributed by atoms with van der Waals surface area (Å²) in [5, 5.41) is 3.90. The molecule has 0 aromatic heterocycles. The maximum absolute atomic E-state index is 6.39. The van der Waals surface area contributed by atoms with Crippen LogP contribution in [0.2, 0.25) is 0 Å². The molecule has 3 saturated heterocycles. The number of rotatable bonds is 0. The topological polar surface area (TPSA) is 49.0 Å². The van der Waals surface area contributed by atoms with Crippen LogP contribution in [0.1, 0.15) is 59.6 Å². The van der Waals surface area contributed by atoms with Gasteiger partial charge in [-0.3, -0.25) is 0 Å². The van der Waals surface area contributed by atoms with Crippen LogP contribution in [0.4, 0.5) is 5.69 Å². The monoisotopic (exact) mass is 387 g/mol. The number of hydrogen-bond donors (Lipinski definition) is 1. The summed E-state index contributed by atoms with van der Waals surface area (Å²) in [6.07, 6.45) is -0.692. The van der Waals surface area contributed by atoms with Crippen LogP contribution in [-0.2, 0) is 29.8 Å². The first-order chi connectivity index (χ1) is 13.0. The quantitative estimate of drug-likeness (QED) is 0.731. The van der Waals surface area contributed by atoms with E-state index in [0.29, 0.717) is 12.5 Å². The van der Waals surface area contributed by atoms with Gasteiger partial charge >= 0.3 is 0 Å². The summed E-state index contributed by atoms with van der Waals surface area (Å²) >= 11 is 0. The molecule has 1 aromatic rings. The standard InChI is InChI=1S/C23H33NO4/c1-21(2,3)12-9-8-10-13-15(12)24-16-14(22(13,4)5)11-25-18-17(16)26-20-19(18)27-23(6,7)28-20/h8-10,14,16-20,24H,11H2,1-7H3/t14-,16+,17+,18-,19+,20+/m0/s1. The van der Waals surface area contributed by atoms with Crippen LogP contribution in [0, 0.1) is 5.92 Å². The Morgan fingerprint density at radius 3 is 2.46 bits per heavy atom. The molecule has 0 radical (unpaired) electrons. The molecule has 4 heterocycles. The molecule has 0 unspecified atom stereocenters. The van der Waals surface area contributed by atoms with E-state index in [2.05, 4.69) is 58.1 Å². The van der Waals surface area contributed by atoms with Crippen molar-refractivity contribution in [1.82, 2.24) is 0 Å². The molecular weight excluding hydrogens is 354 g/mol. The second-order valence-electron chi connectivity index (χ2n) is 10.8. The number of hydrogen-bond acceptors (Lipinski definition) is 5. The van der Waals surface area contributed by atoms with Crippen LogP contribution in [0.5, 0.6) is 0 Å². The van der Waals surface area contributed by atoms with Gasteiger partial charge in [0.25, 0.3) is 0 Å². The molecule has 1 aromatic carbocycles. The highest BCUT2D eigenvalue weighted by molar-refractivity contribution is 5.65. The molecule has 6 atom stereocenters. The van der Waals surface area contributed by atoms with Gasteiger partial charge in [-0.05, 0) is 35.8 Å². The van der Waals surface area contributed by atoms with E-state index in [1.165, 1.54) is 16.8 Å².